The van der Waals surface area contributed by atoms with Crippen LogP contribution < -0.4 is 0 Å². The Bertz CT molecular complexity index is 413. The summed E-state index contributed by atoms with van der Waals surface area (Å²) in [6.45, 7) is 7.63. The van der Waals surface area contributed by atoms with E-state index in [1.54, 1.807) is 6.33 Å². The maximum atomic E-state index is 10.9. The summed E-state index contributed by atoms with van der Waals surface area (Å²) in [5, 5.41) is 15.1. The van der Waals surface area contributed by atoms with Crippen molar-refractivity contribution in [3.63, 3.8) is 0 Å². The minimum Gasteiger partial charge on any atom is -0.389 e. The van der Waals surface area contributed by atoms with Gasteiger partial charge in [0.25, 0.3) is 0 Å². The Morgan fingerprint density at radius 2 is 2.05 bits per heavy atom. The van der Waals surface area contributed by atoms with Crippen LogP contribution in [-0.4, -0.2) is 25.5 Å². The summed E-state index contributed by atoms with van der Waals surface area (Å²) in [4.78, 5) is 4.33. The van der Waals surface area contributed by atoms with Crippen molar-refractivity contribution in [2.45, 2.75) is 77.9 Å². The summed E-state index contributed by atoms with van der Waals surface area (Å²) in [7, 11) is 0. The Hall–Kier alpha value is -0.900. The predicted octanol–water partition coefficient (Wildman–Crippen LogP) is 2.95. The molecule has 0 radical (unpaired) electrons. The lowest BCUT2D eigenvalue weighted by Crippen LogP contribution is -2.32. The van der Waals surface area contributed by atoms with Gasteiger partial charge >= 0.3 is 0 Å². The Kier molecular flexibility index (Phi) is 4.29. The highest BCUT2D eigenvalue weighted by Crippen LogP contribution is 2.39. The lowest BCUT2D eigenvalue weighted by Gasteiger charge is -2.27. The summed E-state index contributed by atoms with van der Waals surface area (Å²) in [6, 6.07) is 0. The fraction of sp³-hybridized carbons (Fsp3) is 0.867. The minimum atomic E-state index is -0.591. The average molecular weight is 265 g/mol. The molecule has 1 N–H and O–H groups in total. The number of hydrogen-bond donors (Lipinski definition) is 1. The molecule has 108 valence electrons. The van der Waals surface area contributed by atoms with Crippen molar-refractivity contribution in [1.29, 1.82) is 0 Å². The first-order valence-electron chi connectivity index (χ1n) is 7.53. The fourth-order valence-corrected chi connectivity index (χ4v) is 3.01. The first-order chi connectivity index (χ1) is 8.94. The second-order valence-corrected chi connectivity index (χ2v) is 6.82. The number of hydrogen-bond acceptors (Lipinski definition) is 3. The third kappa shape index (κ3) is 3.78. The molecular formula is C15H27N3O. The molecule has 1 unspecified atom stereocenters. The highest BCUT2D eigenvalue weighted by atomic mass is 16.3. The van der Waals surface area contributed by atoms with E-state index in [0.29, 0.717) is 11.8 Å². The van der Waals surface area contributed by atoms with Crippen molar-refractivity contribution in [1.82, 2.24) is 14.8 Å². The third-order valence-electron chi connectivity index (χ3n) is 4.38. The highest BCUT2D eigenvalue weighted by Gasteiger charge is 2.35. The van der Waals surface area contributed by atoms with Crippen LogP contribution in [0.1, 0.15) is 65.1 Å². The van der Waals surface area contributed by atoms with E-state index in [1.807, 2.05) is 4.68 Å². The molecule has 1 aliphatic rings. The standard InChI is InChI=1S/C15H27N3O/c1-4-10-18-13(16-12-17-18)11-15(19)7-5-6-14(2,3)8-9-15/h12,19H,4-11H2,1-3H3. The van der Waals surface area contributed by atoms with Crippen molar-refractivity contribution < 1.29 is 5.11 Å². The molecular weight excluding hydrogens is 238 g/mol. The quantitative estimate of drug-likeness (QED) is 0.852. The molecule has 0 amide bonds. The fourth-order valence-electron chi connectivity index (χ4n) is 3.01. The van der Waals surface area contributed by atoms with Crippen LogP contribution in [0.2, 0.25) is 0 Å². The van der Waals surface area contributed by atoms with Gasteiger partial charge in [0.2, 0.25) is 0 Å². The van der Waals surface area contributed by atoms with Crippen LogP contribution in [0.25, 0.3) is 0 Å². The van der Waals surface area contributed by atoms with E-state index in [9.17, 15) is 5.11 Å². The molecule has 2 rings (SSSR count). The van der Waals surface area contributed by atoms with E-state index in [2.05, 4.69) is 30.9 Å². The van der Waals surface area contributed by atoms with E-state index in [1.165, 1.54) is 6.42 Å². The summed E-state index contributed by atoms with van der Waals surface area (Å²) < 4.78 is 1.94. The van der Waals surface area contributed by atoms with Crippen LogP contribution in [0.4, 0.5) is 0 Å². The largest absolute Gasteiger partial charge is 0.389 e. The van der Waals surface area contributed by atoms with Gasteiger partial charge in [-0.25, -0.2) is 4.98 Å². The molecule has 1 saturated carbocycles. The zero-order valence-electron chi connectivity index (χ0n) is 12.5. The van der Waals surface area contributed by atoms with Crippen LogP contribution in [-0.2, 0) is 13.0 Å². The molecule has 19 heavy (non-hydrogen) atoms. The van der Waals surface area contributed by atoms with E-state index >= 15 is 0 Å². The van der Waals surface area contributed by atoms with Gasteiger partial charge in [0.15, 0.2) is 0 Å². The third-order valence-corrected chi connectivity index (χ3v) is 4.38. The zero-order valence-corrected chi connectivity index (χ0v) is 12.5. The number of aromatic nitrogens is 3. The molecule has 4 heteroatoms. The summed E-state index contributed by atoms with van der Waals surface area (Å²) >= 11 is 0. The molecule has 0 aliphatic heterocycles. The van der Waals surface area contributed by atoms with Gasteiger partial charge in [-0.1, -0.05) is 27.2 Å². The smallest absolute Gasteiger partial charge is 0.138 e. The van der Waals surface area contributed by atoms with Crippen LogP contribution >= 0.6 is 0 Å². The maximum Gasteiger partial charge on any atom is 0.138 e. The van der Waals surface area contributed by atoms with E-state index in [4.69, 9.17) is 0 Å². The summed E-state index contributed by atoms with van der Waals surface area (Å²) in [5.74, 6) is 0.934. The molecule has 1 fully saturated rings. The van der Waals surface area contributed by atoms with Crippen molar-refractivity contribution >= 4 is 0 Å². The number of aliphatic hydroxyl groups is 1. The molecule has 1 aromatic rings. The van der Waals surface area contributed by atoms with Gasteiger partial charge in [0.1, 0.15) is 12.2 Å². The van der Waals surface area contributed by atoms with Crippen molar-refractivity contribution in [2.75, 3.05) is 0 Å². The van der Waals surface area contributed by atoms with Gasteiger partial charge in [-0.3, -0.25) is 4.68 Å². The van der Waals surface area contributed by atoms with Gasteiger partial charge in [0.05, 0.1) is 5.60 Å². The van der Waals surface area contributed by atoms with Crippen LogP contribution in [0.5, 0.6) is 0 Å². The van der Waals surface area contributed by atoms with Crippen molar-refractivity contribution in [3.8, 4) is 0 Å². The lowest BCUT2D eigenvalue weighted by atomic mass is 9.83. The summed E-state index contributed by atoms with van der Waals surface area (Å²) in [5.41, 5.74) is -0.228. The molecule has 1 atom stereocenters. The molecule has 0 saturated heterocycles. The zero-order chi connectivity index (χ0) is 13.9. The molecule has 0 spiro atoms. The number of rotatable bonds is 4. The van der Waals surface area contributed by atoms with Crippen molar-refractivity contribution in [3.05, 3.63) is 12.2 Å². The van der Waals surface area contributed by atoms with E-state index in [-0.39, 0.29) is 0 Å². The second-order valence-electron chi connectivity index (χ2n) is 6.82. The van der Waals surface area contributed by atoms with Gasteiger partial charge in [-0.05, 0) is 37.5 Å². The van der Waals surface area contributed by atoms with Crippen LogP contribution in [0.15, 0.2) is 6.33 Å². The molecule has 1 heterocycles. The molecule has 0 bridgehead atoms. The van der Waals surface area contributed by atoms with Crippen molar-refractivity contribution in [2.24, 2.45) is 5.41 Å². The molecule has 0 aromatic carbocycles. The lowest BCUT2D eigenvalue weighted by molar-refractivity contribution is 0.0197. The molecule has 4 nitrogen and oxygen atoms in total. The normalized spacial score (nSPS) is 27.2. The highest BCUT2D eigenvalue weighted by molar-refractivity contribution is 4.97. The summed E-state index contributed by atoms with van der Waals surface area (Å²) in [6.07, 6.45) is 8.45. The molecule has 1 aliphatic carbocycles. The first kappa shape index (κ1) is 14.5. The Labute approximate surface area is 116 Å². The average Bonchev–Trinajstić information content (AvgIpc) is 2.69. The van der Waals surface area contributed by atoms with Crippen LogP contribution in [0.3, 0.4) is 0 Å². The minimum absolute atomic E-state index is 0.363. The number of aryl methyl sites for hydroxylation is 1. The maximum absolute atomic E-state index is 10.9. The Balaban J connectivity index is 2.06. The SMILES string of the molecule is CCCn1ncnc1CC1(O)CCCC(C)(C)CC1. The van der Waals surface area contributed by atoms with Crippen LogP contribution in [0, 0.1) is 5.41 Å². The van der Waals surface area contributed by atoms with E-state index in [0.717, 1.165) is 44.5 Å². The van der Waals surface area contributed by atoms with Gasteiger partial charge in [-0.15, -0.1) is 0 Å². The first-order valence-corrected chi connectivity index (χ1v) is 7.53. The monoisotopic (exact) mass is 265 g/mol. The van der Waals surface area contributed by atoms with Gasteiger partial charge in [0, 0.05) is 13.0 Å². The topological polar surface area (TPSA) is 50.9 Å². The Morgan fingerprint density at radius 1 is 1.26 bits per heavy atom. The number of nitrogens with zero attached hydrogens (tertiary/aromatic N) is 3. The second kappa shape index (κ2) is 5.61. The Morgan fingerprint density at radius 3 is 2.79 bits per heavy atom. The van der Waals surface area contributed by atoms with E-state index < -0.39 is 5.60 Å². The van der Waals surface area contributed by atoms with Gasteiger partial charge in [-0.2, -0.15) is 5.10 Å². The molecule has 1 aromatic heterocycles. The predicted molar refractivity (Wildman–Crippen MR) is 75.8 cm³/mol. The van der Waals surface area contributed by atoms with Gasteiger partial charge < -0.3 is 5.11 Å².